The number of hydrogen-bond acceptors (Lipinski definition) is 4. The van der Waals surface area contributed by atoms with Gasteiger partial charge < -0.3 is 14.1 Å². The highest BCUT2D eigenvalue weighted by Crippen LogP contribution is 2.30. The molecule has 0 unspecified atom stereocenters. The summed E-state index contributed by atoms with van der Waals surface area (Å²) in [5.74, 6) is -0.651. The SMILES string of the molecule is COC(=O)c1ccc(CO/N=C(/C)c2cc(-c3ccc(F)cc3)n(-c3cccc(C)c3)c2C)cc1. The van der Waals surface area contributed by atoms with Crippen molar-refractivity contribution >= 4 is 11.7 Å². The molecule has 0 aliphatic carbocycles. The van der Waals surface area contributed by atoms with E-state index >= 15 is 0 Å². The lowest BCUT2D eigenvalue weighted by Gasteiger charge is -2.13. The number of aryl methyl sites for hydroxylation is 1. The molecule has 0 radical (unpaired) electrons. The number of aromatic nitrogens is 1. The average molecular weight is 471 g/mol. The molecular weight excluding hydrogens is 443 g/mol. The van der Waals surface area contributed by atoms with Crippen LogP contribution < -0.4 is 0 Å². The lowest BCUT2D eigenvalue weighted by atomic mass is 10.1. The molecule has 0 atom stereocenters. The van der Waals surface area contributed by atoms with E-state index < -0.39 is 0 Å². The zero-order chi connectivity index (χ0) is 24.9. The second-order valence-electron chi connectivity index (χ2n) is 8.35. The van der Waals surface area contributed by atoms with Crippen molar-refractivity contribution in [2.45, 2.75) is 27.4 Å². The summed E-state index contributed by atoms with van der Waals surface area (Å²) in [5.41, 5.74) is 8.05. The molecule has 0 saturated heterocycles. The Labute approximate surface area is 204 Å². The predicted octanol–water partition coefficient (Wildman–Crippen LogP) is 6.63. The van der Waals surface area contributed by atoms with Gasteiger partial charge in [-0.2, -0.15) is 0 Å². The Kier molecular flexibility index (Phi) is 7.11. The molecule has 1 aromatic heterocycles. The van der Waals surface area contributed by atoms with Crippen molar-refractivity contribution in [2.75, 3.05) is 7.11 Å². The van der Waals surface area contributed by atoms with Crippen LogP contribution in [0.1, 0.15) is 39.7 Å². The van der Waals surface area contributed by atoms with Gasteiger partial charge in [0, 0.05) is 16.9 Å². The molecule has 0 bridgehead atoms. The molecule has 0 aliphatic heterocycles. The average Bonchev–Trinajstić information content (AvgIpc) is 3.21. The van der Waals surface area contributed by atoms with Gasteiger partial charge in [0.25, 0.3) is 0 Å². The first-order valence-corrected chi connectivity index (χ1v) is 11.3. The Hall–Kier alpha value is -4.19. The normalized spacial score (nSPS) is 11.4. The molecule has 35 heavy (non-hydrogen) atoms. The highest BCUT2D eigenvalue weighted by atomic mass is 19.1. The van der Waals surface area contributed by atoms with Crippen molar-refractivity contribution < 1.29 is 18.8 Å². The molecule has 4 rings (SSSR count). The zero-order valence-electron chi connectivity index (χ0n) is 20.2. The number of carbonyl (C=O) groups is 1. The molecular formula is C29H27FN2O3. The highest BCUT2D eigenvalue weighted by Gasteiger charge is 2.17. The van der Waals surface area contributed by atoms with E-state index in [2.05, 4.69) is 40.9 Å². The number of oxime groups is 1. The van der Waals surface area contributed by atoms with E-state index in [-0.39, 0.29) is 18.4 Å². The van der Waals surface area contributed by atoms with Gasteiger partial charge in [-0.05, 0) is 92.1 Å². The van der Waals surface area contributed by atoms with Gasteiger partial charge in [-0.1, -0.05) is 29.4 Å². The fourth-order valence-electron chi connectivity index (χ4n) is 4.01. The standard InChI is InChI=1S/C29H27FN2O3/c1-19-6-5-7-26(16-19)32-21(3)27(17-28(32)23-12-14-25(30)15-13-23)20(2)31-35-18-22-8-10-24(11-9-22)29(33)34-4/h5-17H,18H2,1-4H3/b31-20-. The third-order valence-electron chi connectivity index (χ3n) is 5.84. The zero-order valence-corrected chi connectivity index (χ0v) is 20.2. The number of esters is 1. The van der Waals surface area contributed by atoms with Crippen LogP contribution in [0.4, 0.5) is 4.39 Å². The van der Waals surface area contributed by atoms with E-state index in [4.69, 9.17) is 9.57 Å². The summed E-state index contributed by atoms with van der Waals surface area (Å²) < 4.78 is 20.5. The second-order valence-corrected chi connectivity index (χ2v) is 8.35. The van der Waals surface area contributed by atoms with Gasteiger partial charge in [-0.15, -0.1) is 0 Å². The molecule has 0 saturated carbocycles. The minimum absolute atomic E-state index is 0.265. The quantitative estimate of drug-likeness (QED) is 0.173. The lowest BCUT2D eigenvalue weighted by Crippen LogP contribution is -2.03. The monoisotopic (exact) mass is 470 g/mol. The molecule has 6 heteroatoms. The molecule has 178 valence electrons. The van der Waals surface area contributed by atoms with Crippen LogP contribution in [0, 0.1) is 19.7 Å². The van der Waals surface area contributed by atoms with Crippen molar-refractivity contribution in [3.63, 3.8) is 0 Å². The number of carbonyl (C=O) groups excluding carboxylic acids is 1. The van der Waals surface area contributed by atoms with Gasteiger partial charge in [0.2, 0.25) is 0 Å². The highest BCUT2D eigenvalue weighted by molar-refractivity contribution is 6.01. The van der Waals surface area contributed by atoms with Crippen LogP contribution in [0.5, 0.6) is 0 Å². The van der Waals surface area contributed by atoms with Crippen LogP contribution in [0.25, 0.3) is 16.9 Å². The van der Waals surface area contributed by atoms with Gasteiger partial charge >= 0.3 is 5.97 Å². The minimum Gasteiger partial charge on any atom is -0.465 e. The summed E-state index contributed by atoms with van der Waals surface area (Å²) in [4.78, 5) is 17.2. The Morgan fingerprint density at radius 1 is 0.971 bits per heavy atom. The summed E-state index contributed by atoms with van der Waals surface area (Å²) in [7, 11) is 1.35. The molecule has 0 aliphatic rings. The van der Waals surface area contributed by atoms with E-state index in [0.29, 0.717) is 5.56 Å². The molecule has 5 nitrogen and oxygen atoms in total. The van der Waals surface area contributed by atoms with Crippen LogP contribution >= 0.6 is 0 Å². The fourth-order valence-corrected chi connectivity index (χ4v) is 4.01. The van der Waals surface area contributed by atoms with Gasteiger partial charge in [0.05, 0.1) is 24.1 Å². The maximum atomic E-state index is 13.6. The topological polar surface area (TPSA) is 52.8 Å². The Morgan fingerprint density at radius 3 is 2.34 bits per heavy atom. The van der Waals surface area contributed by atoms with Gasteiger partial charge in [-0.3, -0.25) is 0 Å². The molecule has 1 heterocycles. The van der Waals surface area contributed by atoms with Crippen LogP contribution in [-0.4, -0.2) is 23.4 Å². The van der Waals surface area contributed by atoms with Crippen LogP contribution in [0.2, 0.25) is 0 Å². The summed E-state index contributed by atoms with van der Waals surface area (Å²) in [6.45, 7) is 6.26. The third-order valence-corrected chi connectivity index (χ3v) is 5.84. The van der Waals surface area contributed by atoms with Gasteiger partial charge in [-0.25, -0.2) is 9.18 Å². The van der Waals surface area contributed by atoms with E-state index in [0.717, 1.165) is 45.0 Å². The first-order chi connectivity index (χ1) is 16.9. The van der Waals surface area contributed by atoms with Crippen LogP contribution in [0.15, 0.2) is 84.0 Å². The summed E-state index contributed by atoms with van der Waals surface area (Å²) in [6.07, 6.45) is 0. The van der Waals surface area contributed by atoms with Crippen LogP contribution in [-0.2, 0) is 16.2 Å². The molecule has 0 N–H and O–H groups in total. The number of hydrogen-bond donors (Lipinski definition) is 0. The van der Waals surface area contributed by atoms with Crippen molar-refractivity contribution in [2.24, 2.45) is 5.16 Å². The summed E-state index contributed by atoms with van der Waals surface area (Å²) >= 11 is 0. The number of rotatable bonds is 7. The van der Waals surface area contributed by atoms with Gasteiger partial charge in [0.1, 0.15) is 12.4 Å². The molecule has 0 amide bonds. The summed E-state index contributed by atoms with van der Waals surface area (Å²) in [6, 6.07) is 23.8. The summed E-state index contributed by atoms with van der Waals surface area (Å²) in [5, 5.41) is 4.35. The Balaban J connectivity index is 1.63. The molecule has 3 aromatic carbocycles. The van der Waals surface area contributed by atoms with E-state index in [9.17, 15) is 9.18 Å². The molecule has 4 aromatic rings. The van der Waals surface area contributed by atoms with E-state index in [1.165, 1.54) is 19.2 Å². The first kappa shape index (κ1) is 24.0. The predicted molar refractivity (Wildman–Crippen MR) is 135 cm³/mol. The van der Waals surface area contributed by atoms with Gasteiger partial charge in [0.15, 0.2) is 0 Å². The number of benzene rings is 3. The van der Waals surface area contributed by atoms with Crippen molar-refractivity contribution in [3.8, 4) is 16.9 Å². The second kappa shape index (κ2) is 10.4. The third kappa shape index (κ3) is 5.32. The van der Waals surface area contributed by atoms with Crippen LogP contribution in [0.3, 0.4) is 0 Å². The molecule has 0 spiro atoms. The fraction of sp³-hybridized carbons (Fsp3) is 0.172. The largest absolute Gasteiger partial charge is 0.465 e. The Morgan fingerprint density at radius 2 is 1.69 bits per heavy atom. The number of nitrogens with zero attached hydrogens (tertiary/aromatic N) is 2. The number of ether oxygens (including phenoxy) is 1. The number of methoxy groups -OCH3 is 1. The maximum Gasteiger partial charge on any atom is 0.337 e. The lowest BCUT2D eigenvalue weighted by molar-refractivity contribution is 0.0600. The smallest absolute Gasteiger partial charge is 0.337 e. The first-order valence-electron chi connectivity index (χ1n) is 11.3. The van der Waals surface area contributed by atoms with Crippen molar-refractivity contribution in [1.29, 1.82) is 0 Å². The van der Waals surface area contributed by atoms with E-state index in [1.54, 1.807) is 24.3 Å². The maximum absolute atomic E-state index is 13.6. The van der Waals surface area contributed by atoms with Crippen molar-refractivity contribution in [1.82, 2.24) is 4.57 Å². The molecule has 0 fully saturated rings. The minimum atomic E-state index is -0.378. The van der Waals surface area contributed by atoms with Crippen molar-refractivity contribution in [3.05, 3.63) is 113 Å². The number of halogens is 1. The van der Waals surface area contributed by atoms with E-state index in [1.807, 2.05) is 32.0 Å². The Bertz CT molecular complexity index is 1370.